The zero-order valence-electron chi connectivity index (χ0n) is 16.9. The Morgan fingerprint density at radius 3 is 2.52 bits per heavy atom. The number of benzene rings is 1. The molecule has 8 heteroatoms. The number of rotatable bonds is 5. The van der Waals surface area contributed by atoms with E-state index in [9.17, 15) is 4.79 Å². The van der Waals surface area contributed by atoms with Gasteiger partial charge in [0, 0.05) is 49.4 Å². The molecule has 3 heterocycles. The Hall–Kier alpha value is -1.96. The largest absolute Gasteiger partial charge is 0.419 e. The van der Waals surface area contributed by atoms with Crippen LogP contribution in [-0.4, -0.2) is 76.1 Å². The number of hydrogen-bond acceptors (Lipinski definition) is 6. The van der Waals surface area contributed by atoms with Gasteiger partial charge in [0.1, 0.15) is 0 Å². The van der Waals surface area contributed by atoms with Gasteiger partial charge in [-0.25, -0.2) is 0 Å². The van der Waals surface area contributed by atoms with Crippen LogP contribution in [0.5, 0.6) is 0 Å². The number of likely N-dealkylation sites (tertiary alicyclic amines) is 1. The van der Waals surface area contributed by atoms with Crippen LogP contribution in [0.25, 0.3) is 11.5 Å². The third-order valence-corrected chi connectivity index (χ3v) is 6.12. The Kier molecular flexibility index (Phi) is 6.47. The minimum absolute atomic E-state index is 0.273. The van der Waals surface area contributed by atoms with Crippen LogP contribution in [-0.2, 0) is 11.3 Å². The van der Waals surface area contributed by atoms with Crippen molar-refractivity contribution < 1.29 is 9.21 Å². The van der Waals surface area contributed by atoms with Crippen LogP contribution in [0.15, 0.2) is 28.7 Å². The highest BCUT2D eigenvalue weighted by atomic mass is 35.5. The Morgan fingerprint density at radius 1 is 1.07 bits per heavy atom. The zero-order chi connectivity index (χ0) is 20.2. The summed E-state index contributed by atoms with van der Waals surface area (Å²) in [6.45, 7) is 7.77. The van der Waals surface area contributed by atoms with E-state index in [4.69, 9.17) is 16.0 Å². The number of piperazine rings is 1. The number of nitrogens with zero attached hydrogens (tertiary/aromatic N) is 5. The third-order valence-electron chi connectivity index (χ3n) is 5.86. The van der Waals surface area contributed by atoms with E-state index in [1.54, 1.807) is 0 Å². The van der Waals surface area contributed by atoms with Crippen molar-refractivity contribution in [3.8, 4) is 11.5 Å². The van der Waals surface area contributed by atoms with Crippen molar-refractivity contribution >= 4 is 17.5 Å². The van der Waals surface area contributed by atoms with Gasteiger partial charge in [-0.15, -0.1) is 10.2 Å². The number of carbonyl (C=O) groups excluding carboxylic acids is 1. The number of carbonyl (C=O) groups is 1. The molecule has 7 nitrogen and oxygen atoms in total. The standard InChI is InChI=1S/C21H28ClN5O2/c1-16-4-2-3-9-27(16)20(28)15-26-12-10-25(11-13-26)14-19-23-24-21(29-19)17-5-7-18(22)8-6-17/h5-8,16H,2-4,9-15H2,1H3. The summed E-state index contributed by atoms with van der Waals surface area (Å²) in [5, 5.41) is 9.01. The van der Waals surface area contributed by atoms with Gasteiger partial charge in [0.2, 0.25) is 17.7 Å². The molecule has 0 radical (unpaired) electrons. The van der Waals surface area contributed by atoms with Gasteiger partial charge >= 0.3 is 0 Å². The molecule has 29 heavy (non-hydrogen) atoms. The lowest BCUT2D eigenvalue weighted by molar-refractivity contribution is -0.136. The average Bonchev–Trinajstić information content (AvgIpc) is 3.19. The molecule has 0 saturated carbocycles. The Balaban J connectivity index is 1.25. The number of amides is 1. The highest BCUT2D eigenvalue weighted by Crippen LogP contribution is 2.21. The number of aromatic nitrogens is 2. The van der Waals surface area contributed by atoms with Crippen molar-refractivity contribution in [2.45, 2.75) is 38.8 Å². The van der Waals surface area contributed by atoms with Crippen molar-refractivity contribution in [2.75, 3.05) is 39.3 Å². The van der Waals surface area contributed by atoms with Crippen molar-refractivity contribution in [1.29, 1.82) is 0 Å². The van der Waals surface area contributed by atoms with Crippen LogP contribution in [0, 0.1) is 0 Å². The van der Waals surface area contributed by atoms with Gasteiger partial charge in [0.15, 0.2) is 0 Å². The molecule has 0 spiro atoms. The lowest BCUT2D eigenvalue weighted by Gasteiger charge is -2.37. The summed E-state index contributed by atoms with van der Waals surface area (Å²) in [4.78, 5) is 19.3. The van der Waals surface area contributed by atoms with Crippen LogP contribution in [0.1, 0.15) is 32.1 Å². The molecule has 1 aromatic carbocycles. The quantitative estimate of drug-likeness (QED) is 0.745. The molecule has 1 aromatic heterocycles. The molecular weight excluding hydrogens is 390 g/mol. The summed E-state index contributed by atoms with van der Waals surface area (Å²) in [5.41, 5.74) is 0.864. The van der Waals surface area contributed by atoms with E-state index in [0.29, 0.717) is 35.9 Å². The van der Waals surface area contributed by atoms with Crippen LogP contribution >= 0.6 is 11.6 Å². The molecule has 2 fully saturated rings. The van der Waals surface area contributed by atoms with Crippen molar-refractivity contribution in [2.24, 2.45) is 0 Å². The van der Waals surface area contributed by atoms with Gasteiger partial charge < -0.3 is 9.32 Å². The van der Waals surface area contributed by atoms with Crippen LogP contribution < -0.4 is 0 Å². The lowest BCUT2D eigenvalue weighted by atomic mass is 10.0. The SMILES string of the molecule is CC1CCCCN1C(=O)CN1CCN(Cc2nnc(-c3ccc(Cl)cc3)o2)CC1. The fraction of sp³-hybridized carbons (Fsp3) is 0.571. The maximum atomic E-state index is 12.6. The van der Waals surface area contributed by atoms with E-state index >= 15 is 0 Å². The summed E-state index contributed by atoms with van der Waals surface area (Å²) in [6, 6.07) is 7.75. The van der Waals surface area contributed by atoms with Crippen molar-refractivity contribution in [3.05, 3.63) is 35.2 Å². The summed E-state index contributed by atoms with van der Waals surface area (Å²) in [7, 11) is 0. The summed E-state index contributed by atoms with van der Waals surface area (Å²) in [6.07, 6.45) is 3.49. The zero-order valence-corrected chi connectivity index (χ0v) is 17.6. The maximum absolute atomic E-state index is 12.6. The molecule has 2 saturated heterocycles. The molecule has 156 valence electrons. The fourth-order valence-corrected chi connectivity index (χ4v) is 4.20. The molecule has 2 aromatic rings. The van der Waals surface area contributed by atoms with Crippen molar-refractivity contribution in [1.82, 2.24) is 24.9 Å². The summed E-state index contributed by atoms with van der Waals surface area (Å²) >= 11 is 5.93. The van der Waals surface area contributed by atoms with Gasteiger partial charge in [0.05, 0.1) is 13.1 Å². The number of piperidine rings is 1. The first-order valence-electron chi connectivity index (χ1n) is 10.4. The van der Waals surface area contributed by atoms with Gasteiger partial charge in [-0.05, 0) is 50.5 Å². The first-order valence-corrected chi connectivity index (χ1v) is 10.8. The van der Waals surface area contributed by atoms with E-state index in [2.05, 4.69) is 31.8 Å². The molecule has 0 bridgehead atoms. The second-order valence-corrected chi connectivity index (χ2v) is 8.43. The minimum Gasteiger partial charge on any atom is -0.419 e. The molecule has 0 aliphatic carbocycles. The Morgan fingerprint density at radius 2 is 1.79 bits per heavy atom. The molecular formula is C21H28ClN5O2. The van der Waals surface area contributed by atoms with Crippen LogP contribution in [0.4, 0.5) is 0 Å². The molecule has 0 N–H and O–H groups in total. The first-order chi connectivity index (χ1) is 14.1. The lowest BCUT2D eigenvalue weighted by Crippen LogP contribution is -2.51. The molecule has 4 rings (SSSR count). The molecule has 2 aliphatic rings. The normalized spacial score (nSPS) is 21.4. The van der Waals surface area contributed by atoms with E-state index in [0.717, 1.165) is 51.1 Å². The number of hydrogen-bond donors (Lipinski definition) is 0. The third kappa shape index (κ3) is 5.15. The highest BCUT2D eigenvalue weighted by Gasteiger charge is 2.26. The predicted octanol–water partition coefficient (Wildman–Crippen LogP) is 2.91. The van der Waals surface area contributed by atoms with Gasteiger partial charge in [-0.3, -0.25) is 14.6 Å². The van der Waals surface area contributed by atoms with E-state index in [1.807, 2.05) is 24.3 Å². The summed E-state index contributed by atoms with van der Waals surface area (Å²) < 4.78 is 5.81. The Bertz CT molecular complexity index is 817. The molecule has 1 atom stereocenters. The Labute approximate surface area is 176 Å². The maximum Gasteiger partial charge on any atom is 0.247 e. The second kappa shape index (κ2) is 9.24. The van der Waals surface area contributed by atoms with Gasteiger partial charge in [0.25, 0.3) is 0 Å². The molecule has 1 amide bonds. The fourth-order valence-electron chi connectivity index (χ4n) is 4.07. The van der Waals surface area contributed by atoms with Gasteiger partial charge in [-0.1, -0.05) is 11.6 Å². The smallest absolute Gasteiger partial charge is 0.247 e. The molecule has 1 unspecified atom stereocenters. The number of halogens is 1. The second-order valence-electron chi connectivity index (χ2n) is 7.99. The highest BCUT2D eigenvalue weighted by molar-refractivity contribution is 6.30. The van der Waals surface area contributed by atoms with E-state index in [-0.39, 0.29) is 5.91 Å². The monoisotopic (exact) mass is 417 g/mol. The van der Waals surface area contributed by atoms with Crippen LogP contribution in [0.3, 0.4) is 0 Å². The topological polar surface area (TPSA) is 65.7 Å². The average molecular weight is 418 g/mol. The minimum atomic E-state index is 0.273. The van der Waals surface area contributed by atoms with Crippen LogP contribution in [0.2, 0.25) is 5.02 Å². The van der Waals surface area contributed by atoms with Crippen molar-refractivity contribution in [3.63, 3.8) is 0 Å². The summed E-state index contributed by atoms with van der Waals surface area (Å²) in [5.74, 6) is 1.40. The van der Waals surface area contributed by atoms with E-state index < -0.39 is 0 Å². The van der Waals surface area contributed by atoms with E-state index in [1.165, 1.54) is 6.42 Å². The first kappa shape index (κ1) is 20.3. The van der Waals surface area contributed by atoms with Gasteiger partial charge in [-0.2, -0.15) is 0 Å². The predicted molar refractivity (Wildman–Crippen MR) is 111 cm³/mol. The molecule has 2 aliphatic heterocycles.